The molecule has 0 saturated carbocycles. The molecule has 5 nitrogen and oxygen atoms in total. The predicted octanol–water partition coefficient (Wildman–Crippen LogP) is 6.47. The fourth-order valence-electron chi connectivity index (χ4n) is 3.96. The Balaban J connectivity index is 1.51. The molecule has 9 heteroatoms. The number of carbonyl (C=O) groups excluding carboxylic acids is 1. The molecule has 0 radical (unpaired) electrons. The zero-order chi connectivity index (χ0) is 22.9. The van der Waals surface area contributed by atoms with Gasteiger partial charge in [-0.3, -0.25) is 14.2 Å². The summed E-state index contributed by atoms with van der Waals surface area (Å²) in [6, 6.07) is 14.5. The van der Waals surface area contributed by atoms with Gasteiger partial charge in [0.15, 0.2) is 5.16 Å². The minimum Gasteiger partial charge on any atom is -0.325 e. The minimum absolute atomic E-state index is 0.0856. The fraction of sp³-hybridized carbons (Fsp3) is 0.208. The molecular weight excluding hydrogens is 542 g/mol. The lowest BCUT2D eigenvalue weighted by Crippen LogP contribution is -2.23. The van der Waals surface area contributed by atoms with Gasteiger partial charge in [-0.2, -0.15) is 0 Å². The third kappa shape index (κ3) is 4.75. The van der Waals surface area contributed by atoms with Crippen LogP contribution in [0.4, 0.5) is 5.69 Å². The normalized spacial score (nSPS) is 13.2. The Labute approximate surface area is 212 Å². The predicted molar refractivity (Wildman–Crippen MR) is 140 cm³/mol. The Morgan fingerprint density at radius 2 is 1.85 bits per heavy atom. The van der Waals surface area contributed by atoms with Gasteiger partial charge in [-0.1, -0.05) is 39.3 Å². The first-order chi connectivity index (χ1) is 16.0. The number of hydrogen-bond donors (Lipinski definition) is 1. The molecule has 0 spiro atoms. The molecular formula is C24H19BrClN3O2S2. The molecule has 0 unspecified atom stereocenters. The average Bonchev–Trinajstić information content (AvgIpc) is 3.19. The van der Waals surface area contributed by atoms with Crippen LogP contribution in [0.15, 0.2) is 63.0 Å². The van der Waals surface area contributed by atoms with Crippen LogP contribution in [0.3, 0.4) is 0 Å². The monoisotopic (exact) mass is 559 g/mol. The Bertz CT molecular complexity index is 1400. The van der Waals surface area contributed by atoms with E-state index >= 15 is 0 Å². The number of fused-ring (bicyclic) bond motifs is 3. The maximum absolute atomic E-state index is 13.7. The third-order valence-corrected chi connectivity index (χ3v) is 8.41. The van der Waals surface area contributed by atoms with E-state index < -0.39 is 0 Å². The zero-order valence-electron chi connectivity index (χ0n) is 17.4. The first-order valence-corrected chi connectivity index (χ1v) is 13.5. The van der Waals surface area contributed by atoms with Crippen molar-refractivity contribution in [1.29, 1.82) is 0 Å². The van der Waals surface area contributed by atoms with E-state index in [-0.39, 0.29) is 17.2 Å². The first-order valence-electron chi connectivity index (χ1n) is 10.5. The van der Waals surface area contributed by atoms with Crippen molar-refractivity contribution in [3.63, 3.8) is 0 Å². The Morgan fingerprint density at radius 3 is 2.61 bits per heavy atom. The van der Waals surface area contributed by atoms with Crippen molar-refractivity contribution in [2.75, 3.05) is 11.1 Å². The standard InChI is InChI=1S/C24H19BrClN3O2S2/c25-14-5-9-16(10-6-14)27-20(30)13-32-24-28-22-21(18-3-1-2-4-19(18)33-22)23(31)29(24)17-11-7-15(26)8-12-17/h5-12H,1-4,13H2,(H,27,30). The first kappa shape index (κ1) is 22.7. The highest BCUT2D eigenvalue weighted by Gasteiger charge is 2.23. The number of nitrogens with zero attached hydrogens (tertiary/aromatic N) is 2. The highest BCUT2D eigenvalue weighted by molar-refractivity contribution is 9.10. The maximum Gasteiger partial charge on any atom is 0.267 e. The molecule has 1 amide bonds. The highest BCUT2D eigenvalue weighted by atomic mass is 79.9. The van der Waals surface area contributed by atoms with Crippen molar-refractivity contribution in [3.8, 4) is 5.69 Å². The summed E-state index contributed by atoms with van der Waals surface area (Å²) in [4.78, 5) is 33.2. The molecule has 0 aliphatic heterocycles. The van der Waals surface area contributed by atoms with Crippen molar-refractivity contribution < 1.29 is 4.79 Å². The van der Waals surface area contributed by atoms with Gasteiger partial charge in [-0.15, -0.1) is 11.3 Å². The molecule has 2 heterocycles. The number of thioether (sulfide) groups is 1. The molecule has 0 saturated heterocycles. The van der Waals surface area contributed by atoms with Crippen LogP contribution in [0, 0.1) is 0 Å². The van der Waals surface area contributed by atoms with Crippen molar-refractivity contribution in [3.05, 3.63) is 78.8 Å². The van der Waals surface area contributed by atoms with Gasteiger partial charge in [0, 0.05) is 20.1 Å². The SMILES string of the molecule is O=C(CSc1nc2sc3c(c2c(=O)n1-c1ccc(Cl)cc1)CCCC3)Nc1ccc(Br)cc1. The molecule has 2 aromatic heterocycles. The number of nitrogens with one attached hydrogen (secondary N) is 1. The summed E-state index contributed by atoms with van der Waals surface area (Å²) in [6.45, 7) is 0. The molecule has 1 aliphatic rings. The van der Waals surface area contributed by atoms with E-state index in [9.17, 15) is 9.59 Å². The number of aromatic nitrogens is 2. The van der Waals surface area contributed by atoms with E-state index in [4.69, 9.17) is 16.6 Å². The topological polar surface area (TPSA) is 64.0 Å². The summed E-state index contributed by atoms with van der Waals surface area (Å²) < 4.78 is 2.55. The number of rotatable bonds is 5. The van der Waals surface area contributed by atoms with Crippen LogP contribution < -0.4 is 10.9 Å². The molecule has 2 aromatic carbocycles. The lowest BCUT2D eigenvalue weighted by atomic mass is 9.97. The lowest BCUT2D eigenvalue weighted by molar-refractivity contribution is -0.113. The minimum atomic E-state index is -0.162. The average molecular weight is 561 g/mol. The number of benzene rings is 2. The molecule has 168 valence electrons. The smallest absolute Gasteiger partial charge is 0.267 e. The van der Waals surface area contributed by atoms with E-state index in [1.165, 1.54) is 16.6 Å². The van der Waals surface area contributed by atoms with Crippen LogP contribution >= 0.6 is 50.6 Å². The molecule has 0 bridgehead atoms. The summed E-state index contributed by atoms with van der Waals surface area (Å²) in [5.41, 5.74) is 2.46. The summed E-state index contributed by atoms with van der Waals surface area (Å²) in [7, 11) is 0. The molecule has 0 atom stereocenters. The number of carbonyl (C=O) groups is 1. The van der Waals surface area contributed by atoms with Crippen molar-refractivity contribution >= 4 is 72.4 Å². The number of thiophene rings is 1. The summed E-state index contributed by atoms with van der Waals surface area (Å²) >= 11 is 12.3. The quantitative estimate of drug-likeness (QED) is 0.224. The second-order valence-electron chi connectivity index (χ2n) is 7.75. The van der Waals surface area contributed by atoms with Gasteiger partial charge in [0.25, 0.3) is 5.56 Å². The van der Waals surface area contributed by atoms with E-state index in [0.717, 1.165) is 40.5 Å². The molecule has 4 aromatic rings. The molecule has 1 N–H and O–H groups in total. The van der Waals surface area contributed by atoms with Crippen LogP contribution in [-0.2, 0) is 17.6 Å². The molecule has 33 heavy (non-hydrogen) atoms. The number of amides is 1. The van der Waals surface area contributed by atoms with Gasteiger partial charge < -0.3 is 5.32 Å². The van der Waals surface area contributed by atoms with E-state index in [1.807, 2.05) is 36.4 Å². The van der Waals surface area contributed by atoms with Gasteiger partial charge >= 0.3 is 0 Å². The summed E-state index contributed by atoms with van der Waals surface area (Å²) in [5, 5.41) is 4.70. The Hall–Kier alpha value is -2.13. The van der Waals surface area contributed by atoms with Crippen molar-refractivity contribution in [1.82, 2.24) is 9.55 Å². The van der Waals surface area contributed by atoms with Gasteiger partial charge in [-0.05, 0) is 79.8 Å². The second kappa shape index (κ2) is 9.62. The largest absolute Gasteiger partial charge is 0.325 e. The van der Waals surface area contributed by atoms with Crippen LogP contribution in [-0.4, -0.2) is 21.2 Å². The van der Waals surface area contributed by atoms with Gasteiger partial charge in [0.1, 0.15) is 4.83 Å². The fourth-order valence-corrected chi connectivity index (χ4v) is 6.47. The Morgan fingerprint density at radius 1 is 1.12 bits per heavy atom. The summed E-state index contributed by atoms with van der Waals surface area (Å²) in [6.07, 6.45) is 4.14. The number of aryl methyl sites for hydroxylation is 2. The van der Waals surface area contributed by atoms with E-state index in [1.54, 1.807) is 28.0 Å². The van der Waals surface area contributed by atoms with Crippen LogP contribution in [0.2, 0.25) is 5.02 Å². The third-order valence-electron chi connectivity index (χ3n) is 5.50. The van der Waals surface area contributed by atoms with Crippen LogP contribution in [0.25, 0.3) is 15.9 Å². The number of halogens is 2. The lowest BCUT2D eigenvalue weighted by Gasteiger charge is -2.14. The molecule has 5 rings (SSSR count). The van der Waals surface area contributed by atoms with Crippen LogP contribution in [0.5, 0.6) is 0 Å². The molecule has 0 fully saturated rings. The van der Waals surface area contributed by atoms with E-state index in [0.29, 0.717) is 26.9 Å². The Kier molecular flexibility index (Phi) is 6.60. The van der Waals surface area contributed by atoms with E-state index in [2.05, 4.69) is 21.2 Å². The highest BCUT2D eigenvalue weighted by Crippen LogP contribution is 2.35. The second-order valence-corrected chi connectivity index (χ2v) is 11.1. The van der Waals surface area contributed by atoms with Gasteiger partial charge in [0.2, 0.25) is 5.91 Å². The molecule has 1 aliphatic carbocycles. The van der Waals surface area contributed by atoms with Gasteiger partial charge in [-0.25, -0.2) is 4.98 Å². The van der Waals surface area contributed by atoms with Crippen LogP contribution in [0.1, 0.15) is 23.3 Å². The number of anilines is 1. The van der Waals surface area contributed by atoms with Crippen molar-refractivity contribution in [2.45, 2.75) is 30.8 Å². The number of hydrogen-bond acceptors (Lipinski definition) is 5. The zero-order valence-corrected chi connectivity index (χ0v) is 21.4. The summed E-state index contributed by atoms with van der Waals surface area (Å²) in [5.74, 6) is -0.0306. The van der Waals surface area contributed by atoms with Gasteiger partial charge in [0.05, 0.1) is 16.8 Å². The van der Waals surface area contributed by atoms with Crippen molar-refractivity contribution in [2.24, 2.45) is 0 Å². The maximum atomic E-state index is 13.7.